The molecule has 2 aromatic rings. The van der Waals surface area contributed by atoms with Gasteiger partial charge in [-0.25, -0.2) is 0 Å². The van der Waals surface area contributed by atoms with Crippen molar-refractivity contribution in [2.24, 2.45) is 22.1 Å². The minimum absolute atomic E-state index is 0.0432. The Morgan fingerprint density at radius 1 is 1.13 bits per heavy atom. The molecule has 0 spiro atoms. The zero-order valence-corrected chi connectivity index (χ0v) is 24.5. The first kappa shape index (κ1) is 28.2. The molecule has 0 unspecified atom stereocenters. The van der Waals surface area contributed by atoms with E-state index < -0.39 is 16.5 Å². The van der Waals surface area contributed by atoms with Crippen LogP contribution in [-0.4, -0.2) is 38.0 Å². The van der Waals surface area contributed by atoms with Gasteiger partial charge in [0.25, 0.3) is 5.91 Å². The molecule has 2 heterocycles. The summed E-state index contributed by atoms with van der Waals surface area (Å²) in [5.74, 6) is 1.68. The summed E-state index contributed by atoms with van der Waals surface area (Å²) in [6.07, 6.45) is 10.3. The Balaban J connectivity index is 1.60. The summed E-state index contributed by atoms with van der Waals surface area (Å²) >= 11 is 5.51. The number of benzene rings is 2. The maximum Gasteiger partial charge on any atom is 0.254 e. The summed E-state index contributed by atoms with van der Waals surface area (Å²) in [7, 11) is 0.202. The Kier molecular flexibility index (Phi) is 9.31. The van der Waals surface area contributed by atoms with Crippen molar-refractivity contribution < 1.29 is 30.1 Å². The Bertz CT molecular complexity index is 1310. The van der Waals surface area contributed by atoms with Crippen LogP contribution in [0.15, 0.2) is 52.9 Å². The van der Waals surface area contributed by atoms with E-state index in [9.17, 15) is 9.00 Å². The first-order chi connectivity index (χ1) is 18.9. The number of carbonyl (C=O) groups is 1. The number of aryl methyl sites for hydroxylation is 1. The monoisotopic (exact) mass is 570 g/mol. The first-order valence-electron chi connectivity index (χ1n) is 14.1. The molecule has 8 heteroatoms. The third kappa shape index (κ3) is 6.87. The minimum Gasteiger partial charge on any atom is -0.491 e. The number of amides is 1. The van der Waals surface area contributed by atoms with Gasteiger partial charge in [-0.2, -0.15) is 10.6 Å². The van der Waals surface area contributed by atoms with Crippen molar-refractivity contribution in [3.63, 3.8) is 0 Å². The molecule has 4 atom stereocenters. The Hall–Kier alpha value is -2.35. The third-order valence-corrected chi connectivity index (χ3v) is 9.76. The van der Waals surface area contributed by atoms with Crippen molar-refractivity contribution in [3.8, 4) is 5.75 Å². The molecule has 39 heavy (non-hydrogen) atoms. The molecule has 0 N–H and O–H groups in total. The maximum atomic E-state index is 13.1. The number of ether oxygens (including phenoxy) is 2. The number of anilines is 1. The molecular weight excluding hydrogens is 532 g/mol. The van der Waals surface area contributed by atoms with Crippen molar-refractivity contribution in [1.29, 1.82) is 0 Å². The lowest BCUT2D eigenvalue weighted by Crippen LogP contribution is -2.43. The van der Waals surface area contributed by atoms with Crippen molar-refractivity contribution in [3.05, 3.63) is 70.3 Å². The van der Waals surface area contributed by atoms with Crippen LogP contribution in [0.3, 0.4) is 0 Å². The van der Waals surface area contributed by atoms with Crippen LogP contribution in [-0.2, 0) is 32.5 Å². The van der Waals surface area contributed by atoms with E-state index in [-0.39, 0.29) is 12.0 Å². The van der Waals surface area contributed by atoms with Gasteiger partial charge in [0, 0.05) is 37.9 Å². The normalized spacial score (nSPS) is 27.6. The summed E-state index contributed by atoms with van der Waals surface area (Å²) < 4.78 is 29.0. The lowest BCUT2D eigenvalue weighted by atomic mass is 9.70. The number of rotatable bonds is 1. The van der Waals surface area contributed by atoms with Crippen molar-refractivity contribution in [2.75, 3.05) is 30.9 Å². The highest BCUT2D eigenvalue weighted by Crippen LogP contribution is 2.42. The van der Waals surface area contributed by atoms with Gasteiger partial charge in [-0.05, 0) is 79.7 Å². The molecule has 0 radical (unpaired) electrons. The molecule has 6 nitrogen and oxygen atoms in total. The van der Waals surface area contributed by atoms with Crippen LogP contribution >= 0.6 is 0 Å². The van der Waals surface area contributed by atoms with Crippen LogP contribution in [0.4, 0.5) is 5.69 Å². The highest BCUT2D eigenvalue weighted by Gasteiger charge is 2.38. The molecule has 2 aromatic carbocycles. The lowest BCUT2D eigenvalue weighted by molar-refractivity contribution is -0.289. The van der Waals surface area contributed by atoms with Gasteiger partial charge in [-0.3, -0.25) is 4.79 Å². The first-order valence-corrected chi connectivity index (χ1v) is 15.7. The zero-order chi connectivity index (χ0) is 27.4. The Morgan fingerprint density at radius 2 is 2.00 bits per heavy atom. The second kappa shape index (κ2) is 12.9. The number of halogens is 1. The summed E-state index contributed by atoms with van der Waals surface area (Å²) in [6.45, 7) is 4.16. The van der Waals surface area contributed by atoms with Crippen LogP contribution in [0.2, 0.25) is 5.02 Å². The smallest absolute Gasteiger partial charge is 0.254 e. The van der Waals surface area contributed by atoms with E-state index in [1.54, 1.807) is 13.2 Å². The third-order valence-electron chi connectivity index (χ3n) is 8.28. The largest absolute Gasteiger partial charge is 0.491 e. The SMILES string of the molecule is CO[C@H]1/C=C/C[C@H](C)C[S-](=O)=NC(=O)c2ccc3c(c2)N(Cc2ccc([ClH+])cc2CCCCO3)C[C@@H]2CC[C@H]21. The van der Waals surface area contributed by atoms with E-state index in [0.717, 1.165) is 61.5 Å². The van der Waals surface area contributed by atoms with Gasteiger partial charge in [0.15, 0.2) is 11.6 Å². The number of fused-ring (bicyclic) bond motifs is 3. The second-order valence-electron chi connectivity index (χ2n) is 11.2. The number of methoxy groups -OCH3 is 1. The van der Waals surface area contributed by atoms with E-state index in [1.165, 1.54) is 11.1 Å². The van der Waals surface area contributed by atoms with E-state index in [0.29, 0.717) is 36.3 Å². The number of hydrogen-bond donors (Lipinski definition) is 0. The topological polar surface area (TPSA) is 68.2 Å². The second-order valence-corrected chi connectivity index (χ2v) is 12.8. The van der Waals surface area contributed by atoms with Crippen LogP contribution in [0.5, 0.6) is 5.75 Å². The fourth-order valence-corrected chi connectivity index (χ4v) is 7.13. The van der Waals surface area contributed by atoms with Gasteiger partial charge in [-0.1, -0.05) is 36.8 Å². The number of nitrogens with zero attached hydrogens (tertiary/aromatic N) is 2. The molecular formula is C31H39ClN2O4S. The predicted octanol–water partition coefficient (Wildman–Crippen LogP) is 6.03. The Labute approximate surface area is 238 Å². The molecule has 1 amide bonds. The summed E-state index contributed by atoms with van der Waals surface area (Å²) in [5, 5.41) is 0.860. The number of allylic oxidation sites excluding steroid dienone is 1. The Morgan fingerprint density at radius 3 is 2.79 bits per heavy atom. The van der Waals surface area contributed by atoms with Crippen molar-refractivity contribution in [1.82, 2.24) is 0 Å². The zero-order valence-electron chi connectivity index (χ0n) is 22.8. The lowest BCUT2D eigenvalue weighted by Gasteiger charge is -2.43. The van der Waals surface area contributed by atoms with Gasteiger partial charge in [0.1, 0.15) is 5.75 Å². The van der Waals surface area contributed by atoms with E-state index in [4.69, 9.17) is 21.1 Å². The molecule has 5 rings (SSSR count). The standard InChI is InChI=1S/C31H39ClN2O4S/c1-21-6-5-8-29(37-2)27-13-10-25(27)19-34-18-24-9-12-26(32)16-22(24)7-3-4-15-38-30-14-11-23(17-28(30)34)31(35)33-39(36)20-21/h5,8-9,11-12,14,16-17,21,25,27,29,32H,3-4,6-7,10,13,15,18-20H2,1-2H3/b8-5+/t21-,25-,27+,29-/m0/s1. The quantitative estimate of drug-likeness (QED) is 0.309. The van der Waals surface area contributed by atoms with Gasteiger partial charge in [0.05, 0.1) is 18.4 Å². The highest BCUT2D eigenvalue weighted by molar-refractivity contribution is 7.75. The van der Waals surface area contributed by atoms with E-state index >= 15 is 0 Å². The van der Waals surface area contributed by atoms with Crippen LogP contribution < -0.4 is 9.64 Å². The molecule has 0 aromatic heterocycles. The van der Waals surface area contributed by atoms with Crippen LogP contribution in [0.25, 0.3) is 0 Å². The summed E-state index contributed by atoms with van der Waals surface area (Å²) in [4.78, 5) is 15.5. The van der Waals surface area contributed by atoms with Gasteiger partial charge >= 0.3 is 0 Å². The fourth-order valence-electron chi connectivity index (χ4n) is 5.93. The average molecular weight is 571 g/mol. The van der Waals surface area contributed by atoms with Crippen LogP contribution in [0, 0.1) is 29.4 Å². The fraction of sp³-hybridized carbons (Fsp3) is 0.516. The van der Waals surface area contributed by atoms with E-state index in [2.05, 4.69) is 33.5 Å². The predicted molar refractivity (Wildman–Crippen MR) is 153 cm³/mol. The molecule has 3 aliphatic rings. The number of carbonyl (C=O) groups excluding carboxylic acids is 1. The average Bonchev–Trinajstić information content (AvgIpc) is 2.92. The minimum atomic E-state index is -1.59. The number of hydrogen-bond acceptors (Lipinski definition) is 6. The molecule has 1 saturated carbocycles. The molecule has 2 bridgehead atoms. The van der Waals surface area contributed by atoms with Crippen molar-refractivity contribution in [2.45, 2.75) is 58.1 Å². The molecule has 1 aliphatic carbocycles. The van der Waals surface area contributed by atoms with E-state index in [1.807, 2.05) is 25.1 Å². The summed E-state index contributed by atoms with van der Waals surface area (Å²) in [6, 6.07) is 11.8. The van der Waals surface area contributed by atoms with Gasteiger partial charge in [-0.15, -0.1) is 0 Å². The summed E-state index contributed by atoms with van der Waals surface area (Å²) in [5.41, 5.74) is 3.85. The van der Waals surface area contributed by atoms with Gasteiger partial charge < -0.3 is 22.9 Å². The molecule has 1 fully saturated rings. The van der Waals surface area contributed by atoms with Crippen LogP contribution in [0.1, 0.15) is 60.5 Å². The van der Waals surface area contributed by atoms with Gasteiger partial charge in [0.2, 0.25) is 5.02 Å². The maximum absolute atomic E-state index is 13.1. The molecule has 0 saturated heterocycles. The molecule has 210 valence electrons. The van der Waals surface area contributed by atoms with Crippen molar-refractivity contribution >= 4 is 22.2 Å². The molecule has 2 aliphatic heterocycles. The highest BCUT2D eigenvalue weighted by atomic mass is 35.5.